The molecule has 2 heterocycles. The third-order valence-electron chi connectivity index (χ3n) is 3.35. The molecule has 0 amide bonds. The van der Waals surface area contributed by atoms with Crippen molar-refractivity contribution in [1.82, 2.24) is 4.98 Å². The van der Waals surface area contributed by atoms with Crippen LogP contribution < -0.4 is 0 Å². The number of rotatable bonds is 3. The first-order valence-corrected chi connectivity index (χ1v) is 7.26. The highest BCUT2D eigenvalue weighted by Crippen LogP contribution is 2.31. The lowest BCUT2D eigenvalue weighted by Crippen LogP contribution is -2.00. The molecule has 1 atom stereocenters. The molecule has 0 aliphatic rings. The summed E-state index contributed by atoms with van der Waals surface area (Å²) in [6, 6.07) is 12.0. The lowest BCUT2D eigenvalue weighted by atomic mass is 10.0. The van der Waals surface area contributed by atoms with Crippen molar-refractivity contribution in [2.45, 2.75) is 19.4 Å². The molecule has 3 rings (SSSR count). The maximum Gasteiger partial charge on any atom is 0.113 e. The van der Waals surface area contributed by atoms with Crippen LogP contribution in [0.25, 0.3) is 10.9 Å². The number of hydrogen-bond acceptors (Lipinski definition) is 3. The van der Waals surface area contributed by atoms with Gasteiger partial charge in [-0.05, 0) is 47.2 Å². The molecule has 0 saturated heterocycles. The fourth-order valence-electron chi connectivity index (χ4n) is 2.29. The van der Waals surface area contributed by atoms with Gasteiger partial charge in [0, 0.05) is 16.5 Å². The number of fused-ring (bicyclic) bond motifs is 1. The van der Waals surface area contributed by atoms with Crippen molar-refractivity contribution in [2.24, 2.45) is 0 Å². The second-order valence-electron chi connectivity index (χ2n) is 4.52. The van der Waals surface area contributed by atoms with E-state index in [0.29, 0.717) is 0 Å². The number of hydrogen-bond donors (Lipinski definition) is 1. The number of nitrogens with zero attached hydrogens (tertiary/aromatic N) is 1. The van der Waals surface area contributed by atoms with Crippen LogP contribution in [0.4, 0.5) is 0 Å². The molecule has 1 N–H and O–H groups in total. The lowest BCUT2D eigenvalue weighted by Gasteiger charge is -2.12. The first kappa shape index (κ1) is 12.3. The smallest absolute Gasteiger partial charge is 0.113 e. The monoisotopic (exact) mass is 269 g/mol. The zero-order valence-corrected chi connectivity index (χ0v) is 11.5. The highest BCUT2D eigenvalue weighted by Gasteiger charge is 2.15. The van der Waals surface area contributed by atoms with E-state index in [-0.39, 0.29) is 0 Å². The van der Waals surface area contributed by atoms with E-state index >= 15 is 0 Å². The summed E-state index contributed by atoms with van der Waals surface area (Å²) in [5.74, 6) is 0. The fourth-order valence-corrected chi connectivity index (χ4v) is 3.30. The standard InChI is InChI=1S/C16H15NOS/c1-2-11-7-9-19-16(11)15(18)13-5-6-14-12(10-13)4-3-8-17-14/h3-10,15,18H,2H2,1H3. The Morgan fingerprint density at radius 1 is 1.26 bits per heavy atom. The number of thiophene rings is 1. The van der Waals surface area contributed by atoms with Gasteiger partial charge in [-0.1, -0.05) is 19.1 Å². The number of aliphatic hydroxyl groups excluding tert-OH is 1. The molecule has 0 fully saturated rings. The van der Waals surface area contributed by atoms with Crippen molar-refractivity contribution < 1.29 is 5.11 Å². The van der Waals surface area contributed by atoms with Crippen LogP contribution in [0.5, 0.6) is 0 Å². The van der Waals surface area contributed by atoms with Crippen molar-refractivity contribution in [1.29, 1.82) is 0 Å². The second-order valence-corrected chi connectivity index (χ2v) is 5.47. The van der Waals surface area contributed by atoms with E-state index in [1.807, 2.05) is 35.7 Å². The maximum atomic E-state index is 10.5. The molecule has 3 aromatic rings. The van der Waals surface area contributed by atoms with Crippen molar-refractivity contribution in [3.8, 4) is 0 Å². The molecule has 0 aliphatic carbocycles. The second kappa shape index (κ2) is 5.11. The van der Waals surface area contributed by atoms with Crippen LogP contribution in [0.2, 0.25) is 0 Å². The summed E-state index contributed by atoms with van der Waals surface area (Å²) in [7, 11) is 0. The van der Waals surface area contributed by atoms with E-state index < -0.39 is 6.10 Å². The third kappa shape index (κ3) is 2.27. The summed E-state index contributed by atoms with van der Waals surface area (Å²) in [5.41, 5.74) is 3.11. The Labute approximate surface area is 116 Å². The molecule has 0 radical (unpaired) electrons. The Morgan fingerprint density at radius 2 is 2.16 bits per heavy atom. The number of aryl methyl sites for hydroxylation is 1. The summed E-state index contributed by atoms with van der Waals surface area (Å²) in [6.07, 6.45) is 2.19. The van der Waals surface area contributed by atoms with E-state index in [9.17, 15) is 5.11 Å². The van der Waals surface area contributed by atoms with Gasteiger partial charge in [0.25, 0.3) is 0 Å². The molecule has 0 aliphatic heterocycles. The molecule has 0 spiro atoms. The minimum atomic E-state index is -0.542. The molecule has 1 aromatic carbocycles. The van der Waals surface area contributed by atoms with Crippen LogP contribution in [0.15, 0.2) is 48.0 Å². The predicted octanol–water partition coefficient (Wildman–Crippen LogP) is 3.94. The van der Waals surface area contributed by atoms with Gasteiger partial charge in [0.2, 0.25) is 0 Å². The summed E-state index contributed by atoms with van der Waals surface area (Å²) >= 11 is 1.62. The van der Waals surface area contributed by atoms with Crippen molar-refractivity contribution in [2.75, 3.05) is 0 Å². The van der Waals surface area contributed by atoms with Gasteiger partial charge in [0.05, 0.1) is 5.52 Å². The number of pyridine rings is 1. The molecule has 3 heteroatoms. The Hall–Kier alpha value is -1.71. The number of aliphatic hydroxyl groups is 1. The summed E-state index contributed by atoms with van der Waals surface area (Å²) in [6.45, 7) is 2.11. The van der Waals surface area contributed by atoms with Crippen LogP contribution in [0.1, 0.15) is 29.0 Å². The molecular weight excluding hydrogens is 254 g/mol. The van der Waals surface area contributed by atoms with Gasteiger partial charge < -0.3 is 5.11 Å². The largest absolute Gasteiger partial charge is 0.383 e. The molecular formula is C16H15NOS. The zero-order chi connectivity index (χ0) is 13.2. The average molecular weight is 269 g/mol. The van der Waals surface area contributed by atoms with Crippen molar-refractivity contribution >= 4 is 22.2 Å². The first-order chi connectivity index (χ1) is 9.29. The zero-order valence-electron chi connectivity index (χ0n) is 10.7. The topological polar surface area (TPSA) is 33.1 Å². The van der Waals surface area contributed by atoms with Crippen LogP contribution >= 0.6 is 11.3 Å². The SMILES string of the molecule is CCc1ccsc1C(O)c1ccc2ncccc2c1. The summed E-state index contributed by atoms with van der Waals surface area (Å²) in [4.78, 5) is 5.35. The Balaban J connectivity index is 2.04. The summed E-state index contributed by atoms with van der Waals surface area (Å²) < 4.78 is 0. The van der Waals surface area contributed by atoms with E-state index in [1.165, 1.54) is 5.56 Å². The quantitative estimate of drug-likeness (QED) is 0.781. The van der Waals surface area contributed by atoms with Gasteiger partial charge in [0.15, 0.2) is 0 Å². The van der Waals surface area contributed by atoms with Gasteiger partial charge >= 0.3 is 0 Å². The van der Waals surface area contributed by atoms with Gasteiger partial charge in [-0.3, -0.25) is 4.98 Å². The minimum absolute atomic E-state index is 0.542. The summed E-state index contributed by atoms with van der Waals surface area (Å²) in [5, 5.41) is 13.6. The van der Waals surface area contributed by atoms with E-state index in [2.05, 4.69) is 18.0 Å². The molecule has 2 aromatic heterocycles. The lowest BCUT2D eigenvalue weighted by molar-refractivity contribution is 0.223. The number of benzene rings is 1. The van der Waals surface area contributed by atoms with Crippen LogP contribution in [0.3, 0.4) is 0 Å². The Morgan fingerprint density at radius 3 is 3.00 bits per heavy atom. The molecule has 1 unspecified atom stereocenters. The van der Waals surface area contributed by atoms with E-state index in [1.54, 1.807) is 17.5 Å². The van der Waals surface area contributed by atoms with E-state index in [0.717, 1.165) is 27.8 Å². The number of aromatic nitrogens is 1. The Bertz CT molecular complexity index is 705. The highest BCUT2D eigenvalue weighted by atomic mass is 32.1. The third-order valence-corrected chi connectivity index (χ3v) is 4.36. The molecule has 19 heavy (non-hydrogen) atoms. The van der Waals surface area contributed by atoms with Crippen LogP contribution in [0, 0.1) is 0 Å². The maximum absolute atomic E-state index is 10.5. The van der Waals surface area contributed by atoms with Crippen molar-refractivity contribution in [3.05, 3.63) is 64.0 Å². The molecule has 2 nitrogen and oxygen atoms in total. The minimum Gasteiger partial charge on any atom is -0.383 e. The molecule has 96 valence electrons. The van der Waals surface area contributed by atoms with Gasteiger partial charge in [-0.15, -0.1) is 11.3 Å². The fraction of sp³-hybridized carbons (Fsp3) is 0.188. The predicted molar refractivity (Wildman–Crippen MR) is 79.5 cm³/mol. The van der Waals surface area contributed by atoms with Crippen LogP contribution in [-0.4, -0.2) is 10.1 Å². The Kier molecular flexibility index (Phi) is 3.32. The van der Waals surface area contributed by atoms with Gasteiger partial charge in [0.1, 0.15) is 6.10 Å². The normalized spacial score (nSPS) is 12.7. The van der Waals surface area contributed by atoms with Crippen molar-refractivity contribution in [3.63, 3.8) is 0 Å². The average Bonchev–Trinajstić information content (AvgIpc) is 2.94. The molecule has 0 saturated carbocycles. The van der Waals surface area contributed by atoms with E-state index in [4.69, 9.17) is 0 Å². The molecule has 0 bridgehead atoms. The van der Waals surface area contributed by atoms with Gasteiger partial charge in [-0.25, -0.2) is 0 Å². The highest BCUT2D eigenvalue weighted by molar-refractivity contribution is 7.10. The van der Waals surface area contributed by atoms with Gasteiger partial charge in [-0.2, -0.15) is 0 Å². The first-order valence-electron chi connectivity index (χ1n) is 6.38. The van der Waals surface area contributed by atoms with Crippen LogP contribution in [-0.2, 0) is 6.42 Å².